The topological polar surface area (TPSA) is 86.7 Å². The highest BCUT2D eigenvalue weighted by molar-refractivity contribution is 8.00. The average Bonchev–Trinajstić information content (AvgIpc) is 2.67. The Labute approximate surface area is 160 Å². The molecule has 0 saturated heterocycles. The lowest BCUT2D eigenvalue weighted by Crippen LogP contribution is -2.36. The van der Waals surface area contributed by atoms with Crippen molar-refractivity contribution in [2.45, 2.75) is 30.0 Å². The van der Waals surface area contributed by atoms with Gasteiger partial charge in [-0.25, -0.2) is 4.79 Å². The molecule has 0 spiro atoms. The van der Waals surface area contributed by atoms with Crippen molar-refractivity contribution in [2.24, 2.45) is 0 Å². The maximum atomic E-state index is 13.0. The molecule has 4 rings (SSSR count). The second-order valence-electron chi connectivity index (χ2n) is 6.73. The summed E-state index contributed by atoms with van der Waals surface area (Å²) in [5.74, 6) is -1.16. The molecule has 0 aromatic heterocycles. The van der Waals surface area contributed by atoms with Gasteiger partial charge in [-0.05, 0) is 54.8 Å². The molecule has 0 aliphatic carbocycles. The van der Waals surface area contributed by atoms with Gasteiger partial charge in [0.15, 0.2) is 0 Å². The number of hydrogen-bond acceptors (Lipinski definition) is 4. The third-order valence-corrected chi connectivity index (χ3v) is 6.09. The number of anilines is 1. The minimum atomic E-state index is -0.974. The first-order valence-electron chi connectivity index (χ1n) is 8.68. The summed E-state index contributed by atoms with van der Waals surface area (Å²) in [7, 11) is 0. The van der Waals surface area contributed by atoms with Crippen molar-refractivity contribution in [2.75, 3.05) is 11.9 Å². The Hall–Kier alpha value is -2.80. The van der Waals surface area contributed by atoms with Crippen LogP contribution in [0, 0.1) is 0 Å². The van der Waals surface area contributed by atoms with Gasteiger partial charge in [0.1, 0.15) is 0 Å². The molecule has 27 heavy (non-hydrogen) atoms. The lowest BCUT2D eigenvalue weighted by Gasteiger charge is -2.29. The summed E-state index contributed by atoms with van der Waals surface area (Å²) < 4.78 is 0. The molecular formula is C20H18N2O4S. The molecule has 0 bridgehead atoms. The number of carboxylic acids is 1. The van der Waals surface area contributed by atoms with E-state index < -0.39 is 5.97 Å². The van der Waals surface area contributed by atoms with Crippen LogP contribution in [-0.4, -0.2) is 39.6 Å². The highest BCUT2D eigenvalue weighted by Gasteiger charge is 2.26. The van der Waals surface area contributed by atoms with Crippen molar-refractivity contribution in [1.29, 1.82) is 0 Å². The fraction of sp³-hybridized carbons (Fsp3) is 0.250. The van der Waals surface area contributed by atoms with Gasteiger partial charge >= 0.3 is 5.97 Å². The number of amides is 2. The smallest absolute Gasteiger partial charge is 0.335 e. The van der Waals surface area contributed by atoms with E-state index in [9.17, 15) is 19.5 Å². The van der Waals surface area contributed by atoms with Crippen molar-refractivity contribution >= 4 is 35.2 Å². The zero-order valence-electron chi connectivity index (χ0n) is 14.7. The number of rotatable bonds is 2. The Morgan fingerprint density at radius 1 is 1.15 bits per heavy atom. The highest BCUT2D eigenvalue weighted by atomic mass is 32.2. The molecule has 138 valence electrons. The van der Waals surface area contributed by atoms with Gasteiger partial charge in [0.25, 0.3) is 5.91 Å². The van der Waals surface area contributed by atoms with Crippen LogP contribution in [0.2, 0.25) is 0 Å². The summed E-state index contributed by atoms with van der Waals surface area (Å²) >= 11 is 1.48. The van der Waals surface area contributed by atoms with E-state index in [1.807, 2.05) is 19.1 Å². The van der Waals surface area contributed by atoms with Crippen molar-refractivity contribution in [3.8, 4) is 0 Å². The van der Waals surface area contributed by atoms with E-state index in [4.69, 9.17) is 0 Å². The molecule has 2 aliphatic heterocycles. The fourth-order valence-electron chi connectivity index (χ4n) is 3.39. The van der Waals surface area contributed by atoms with Crippen molar-refractivity contribution in [3.05, 3.63) is 58.7 Å². The van der Waals surface area contributed by atoms with Crippen molar-refractivity contribution in [3.63, 3.8) is 0 Å². The van der Waals surface area contributed by atoms with E-state index in [0.29, 0.717) is 30.8 Å². The number of fused-ring (bicyclic) bond motifs is 2. The van der Waals surface area contributed by atoms with Gasteiger partial charge in [-0.15, -0.1) is 11.8 Å². The normalized spacial score (nSPS) is 18.3. The average molecular weight is 382 g/mol. The molecule has 1 atom stereocenters. The number of benzene rings is 2. The number of carboxylic acid groups (broad SMARTS) is 1. The van der Waals surface area contributed by atoms with Crippen LogP contribution < -0.4 is 5.32 Å². The molecule has 6 nitrogen and oxygen atoms in total. The summed E-state index contributed by atoms with van der Waals surface area (Å²) in [6, 6.07) is 10.4. The van der Waals surface area contributed by atoms with Crippen molar-refractivity contribution in [1.82, 2.24) is 4.90 Å². The molecule has 2 heterocycles. The zero-order chi connectivity index (χ0) is 19.1. The Kier molecular flexibility index (Phi) is 4.39. The number of nitrogens with one attached hydrogen (secondary N) is 1. The maximum Gasteiger partial charge on any atom is 0.335 e. The van der Waals surface area contributed by atoms with Gasteiger partial charge in [-0.2, -0.15) is 0 Å². The molecular weight excluding hydrogens is 364 g/mol. The first kappa shape index (κ1) is 17.6. The number of aromatic carboxylic acids is 1. The molecule has 0 fully saturated rings. The Balaban J connectivity index is 1.57. The van der Waals surface area contributed by atoms with Crippen LogP contribution in [0.1, 0.15) is 38.8 Å². The zero-order valence-corrected chi connectivity index (χ0v) is 15.5. The SMILES string of the molecule is CC1Sc2ccc(C(=O)N3CCc4ccc(C(=O)O)cc4C3)cc2NC1=O. The van der Waals surface area contributed by atoms with Gasteiger partial charge in [-0.3, -0.25) is 9.59 Å². The number of hydrogen-bond donors (Lipinski definition) is 2. The minimum absolute atomic E-state index is 0.0646. The summed E-state index contributed by atoms with van der Waals surface area (Å²) in [6.45, 7) is 2.80. The number of thioether (sulfide) groups is 1. The summed E-state index contributed by atoms with van der Waals surface area (Å²) in [4.78, 5) is 38.7. The number of nitrogens with zero attached hydrogens (tertiary/aromatic N) is 1. The van der Waals surface area contributed by atoms with E-state index in [1.165, 1.54) is 11.8 Å². The van der Waals surface area contributed by atoms with E-state index in [-0.39, 0.29) is 22.6 Å². The van der Waals surface area contributed by atoms with Crippen LogP contribution >= 0.6 is 11.8 Å². The minimum Gasteiger partial charge on any atom is -0.478 e. The lowest BCUT2D eigenvalue weighted by molar-refractivity contribution is -0.115. The van der Waals surface area contributed by atoms with Crippen LogP contribution in [0.15, 0.2) is 41.3 Å². The van der Waals surface area contributed by atoms with Crippen LogP contribution in [-0.2, 0) is 17.8 Å². The van der Waals surface area contributed by atoms with Gasteiger partial charge in [0.05, 0.1) is 16.5 Å². The predicted molar refractivity (Wildman–Crippen MR) is 102 cm³/mol. The Bertz CT molecular complexity index is 972. The third kappa shape index (κ3) is 3.30. The van der Waals surface area contributed by atoms with Gasteiger partial charge in [0.2, 0.25) is 5.91 Å². The molecule has 7 heteroatoms. The van der Waals surface area contributed by atoms with E-state index in [2.05, 4.69) is 5.32 Å². The van der Waals surface area contributed by atoms with Crippen molar-refractivity contribution < 1.29 is 19.5 Å². The molecule has 0 saturated carbocycles. The third-order valence-electron chi connectivity index (χ3n) is 4.91. The standard InChI is InChI=1S/C20H18N2O4S/c1-11-18(23)21-16-9-13(4-5-17(16)27-11)19(24)22-7-6-12-2-3-14(20(25)26)8-15(12)10-22/h2-5,8-9,11H,6-7,10H2,1H3,(H,21,23)(H,25,26). The number of carbonyl (C=O) groups is 3. The first-order valence-corrected chi connectivity index (χ1v) is 9.56. The Morgan fingerprint density at radius 3 is 2.70 bits per heavy atom. The van der Waals surface area contributed by atoms with Crippen LogP contribution in [0.25, 0.3) is 0 Å². The van der Waals surface area contributed by atoms with Crippen LogP contribution in [0.4, 0.5) is 5.69 Å². The van der Waals surface area contributed by atoms with Gasteiger partial charge in [0, 0.05) is 23.5 Å². The van der Waals surface area contributed by atoms with Crippen LogP contribution in [0.5, 0.6) is 0 Å². The molecule has 2 N–H and O–H groups in total. The summed E-state index contributed by atoms with van der Waals surface area (Å²) in [6.07, 6.45) is 0.690. The van der Waals surface area contributed by atoms with Crippen LogP contribution in [0.3, 0.4) is 0 Å². The summed E-state index contributed by atoms with van der Waals surface area (Å²) in [5, 5.41) is 11.9. The van der Waals surface area contributed by atoms with Gasteiger partial charge < -0.3 is 15.3 Å². The largest absolute Gasteiger partial charge is 0.478 e. The molecule has 2 aliphatic rings. The molecule has 2 aromatic rings. The molecule has 0 radical (unpaired) electrons. The van der Waals surface area contributed by atoms with Gasteiger partial charge in [-0.1, -0.05) is 6.07 Å². The quantitative estimate of drug-likeness (QED) is 0.834. The van der Waals surface area contributed by atoms with E-state index >= 15 is 0 Å². The maximum absolute atomic E-state index is 13.0. The lowest BCUT2D eigenvalue weighted by atomic mass is 9.97. The van der Waals surface area contributed by atoms with E-state index in [0.717, 1.165) is 16.0 Å². The fourth-order valence-corrected chi connectivity index (χ4v) is 4.32. The molecule has 1 unspecified atom stereocenters. The summed E-state index contributed by atoms with van der Waals surface area (Å²) in [5.41, 5.74) is 3.35. The predicted octanol–water partition coefficient (Wildman–Crippen LogP) is 3.02. The second-order valence-corrected chi connectivity index (χ2v) is 8.11. The Morgan fingerprint density at radius 2 is 1.93 bits per heavy atom. The second kappa shape index (κ2) is 6.74. The van der Waals surface area contributed by atoms with E-state index in [1.54, 1.807) is 29.2 Å². The molecule has 2 aromatic carbocycles. The number of carbonyl (C=O) groups excluding carboxylic acids is 2. The monoisotopic (exact) mass is 382 g/mol. The molecule has 2 amide bonds. The highest BCUT2D eigenvalue weighted by Crippen LogP contribution is 2.36. The first-order chi connectivity index (χ1) is 12.9.